The number of aromatic nitrogens is 1. The van der Waals surface area contributed by atoms with Crippen LogP contribution in [0.4, 0.5) is 13.2 Å². The summed E-state index contributed by atoms with van der Waals surface area (Å²) in [6.45, 7) is 23.9. The fourth-order valence-electron chi connectivity index (χ4n) is 7.31. The molecule has 0 atom stereocenters. The van der Waals surface area contributed by atoms with Crippen LogP contribution in [0, 0.1) is 23.3 Å². The van der Waals surface area contributed by atoms with Crippen molar-refractivity contribution in [2.45, 2.75) is 132 Å². The number of alkyl halides is 3. The summed E-state index contributed by atoms with van der Waals surface area (Å²) < 4.78 is 41.6. The van der Waals surface area contributed by atoms with Crippen LogP contribution in [0.5, 0.6) is 0 Å². The van der Waals surface area contributed by atoms with E-state index < -0.39 is 11.6 Å². The van der Waals surface area contributed by atoms with Gasteiger partial charge in [-0.05, 0) is 71.1 Å². The summed E-state index contributed by atoms with van der Waals surface area (Å²) in [4.78, 5) is 17.7. The van der Waals surface area contributed by atoms with Gasteiger partial charge in [0.1, 0.15) is 0 Å². The smallest absolute Gasteiger partial charge is 0.394 e. The van der Waals surface area contributed by atoms with Crippen LogP contribution >= 0.6 is 11.3 Å². The predicted molar refractivity (Wildman–Crippen MR) is 232 cm³/mol. The maximum atomic E-state index is 13.5. The van der Waals surface area contributed by atoms with E-state index in [-0.39, 0.29) is 60.7 Å². The van der Waals surface area contributed by atoms with Crippen LogP contribution in [0.25, 0.3) is 42.6 Å². The van der Waals surface area contributed by atoms with Gasteiger partial charge in [0.05, 0.1) is 11.2 Å². The van der Waals surface area contributed by atoms with Gasteiger partial charge in [0, 0.05) is 59.5 Å². The number of halogens is 3. The molecule has 0 fully saturated rings. The number of carbonyl (C=O) groups is 1. The number of aliphatic hydroxyl groups excluding tert-OH is 1. The zero-order chi connectivity index (χ0) is 41.8. The van der Waals surface area contributed by atoms with Gasteiger partial charge >= 0.3 is 6.18 Å². The molecule has 5 aromatic rings. The molecule has 1 N–H and O–H groups in total. The Morgan fingerprint density at radius 3 is 1.91 bits per heavy atom. The van der Waals surface area contributed by atoms with Crippen LogP contribution in [0.3, 0.4) is 0 Å². The SMILES string of the molecule is CC(C)(C)c1cc(-c2nccc3c(C(C)(C)C)c(-c4ccc(CC(C)(C)C(F)(F)F)cc4)sc23)[c-]c2ccccc12.CCC(CC)C(=O)/C=C(\O)C(CC)CC.[Ir]. The average molecular weight is 977 g/mol. The van der Waals surface area contributed by atoms with Crippen LogP contribution in [-0.4, -0.2) is 22.1 Å². The molecule has 311 valence electrons. The molecule has 0 spiro atoms. The molecule has 2 aromatic heterocycles. The van der Waals surface area contributed by atoms with Crippen LogP contribution in [0.1, 0.15) is 125 Å². The van der Waals surface area contributed by atoms with E-state index in [4.69, 9.17) is 4.98 Å². The molecule has 3 nitrogen and oxygen atoms in total. The molecule has 0 saturated carbocycles. The number of hydrogen-bond acceptors (Lipinski definition) is 4. The number of hydrogen-bond donors (Lipinski definition) is 1. The number of pyridine rings is 1. The Kier molecular flexibility index (Phi) is 16.2. The Bertz CT molecular complexity index is 2140. The molecule has 3 aromatic carbocycles. The summed E-state index contributed by atoms with van der Waals surface area (Å²) in [6, 6.07) is 24.0. The average Bonchev–Trinajstić information content (AvgIpc) is 3.53. The van der Waals surface area contributed by atoms with E-state index in [1.54, 1.807) is 11.3 Å². The maximum absolute atomic E-state index is 13.5. The van der Waals surface area contributed by atoms with Crippen molar-refractivity contribution in [2.75, 3.05) is 0 Å². The van der Waals surface area contributed by atoms with Crippen LogP contribution in [0.15, 0.2) is 78.7 Å². The monoisotopic (exact) mass is 977 g/mol. The van der Waals surface area contributed by atoms with Gasteiger partial charge in [0.25, 0.3) is 0 Å². The molecule has 0 saturated heterocycles. The Morgan fingerprint density at radius 2 is 1.39 bits per heavy atom. The van der Waals surface area contributed by atoms with Gasteiger partial charge in [-0.25, -0.2) is 0 Å². The second-order valence-electron chi connectivity index (χ2n) is 17.7. The molecule has 8 heteroatoms. The molecule has 1 radical (unpaired) electrons. The molecule has 0 unspecified atom stereocenters. The molecule has 57 heavy (non-hydrogen) atoms. The van der Waals surface area contributed by atoms with Crippen LogP contribution in [0.2, 0.25) is 0 Å². The normalized spacial score (nSPS) is 12.9. The maximum Gasteiger partial charge on any atom is 0.394 e. The number of rotatable bonds is 11. The van der Waals surface area contributed by atoms with Gasteiger partial charge in [-0.1, -0.05) is 136 Å². The minimum absolute atomic E-state index is 0. The van der Waals surface area contributed by atoms with E-state index in [1.807, 2.05) is 64.2 Å². The molecule has 0 aliphatic heterocycles. The van der Waals surface area contributed by atoms with Crippen molar-refractivity contribution in [2.24, 2.45) is 17.3 Å². The predicted octanol–water partition coefficient (Wildman–Crippen LogP) is 15.2. The zero-order valence-electron chi connectivity index (χ0n) is 35.8. The topological polar surface area (TPSA) is 50.2 Å². The van der Waals surface area contributed by atoms with E-state index in [0.29, 0.717) is 5.56 Å². The number of fused-ring (bicyclic) bond motifs is 2. The minimum atomic E-state index is -4.26. The summed E-state index contributed by atoms with van der Waals surface area (Å²) >= 11 is 1.70. The quantitative estimate of drug-likeness (QED) is 0.0815. The molecule has 0 bridgehead atoms. The van der Waals surface area contributed by atoms with Crippen LogP contribution < -0.4 is 0 Å². The second kappa shape index (κ2) is 19.2. The second-order valence-corrected chi connectivity index (χ2v) is 18.8. The molecule has 0 amide bonds. The first-order chi connectivity index (χ1) is 26.1. The molecular formula is C49H61F3IrNO2S-. The van der Waals surface area contributed by atoms with Crippen molar-refractivity contribution in [3.63, 3.8) is 0 Å². The van der Waals surface area contributed by atoms with Crippen molar-refractivity contribution >= 4 is 38.0 Å². The Labute approximate surface area is 357 Å². The molecule has 0 aliphatic rings. The van der Waals surface area contributed by atoms with E-state index >= 15 is 0 Å². The van der Waals surface area contributed by atoms with E-state index in [1.165, 1.54) is 36.4 Å². The fourth-order valence-corrected chi connectivity index (χ4v) is 8.82. The number of ketones is 1. The molecule has 2 heterocycles. The third-order valence-corrected chi connectivity index (χ3v) is 12.2. The number of benzene rings is 3. The van der Waals surface area contributed by atoms with Gasteiger partial charge < -0.3 is 5.11 Å². The minimum Gasteiger partial charge on any atom is -0.512 e. The standard InChI is InChI=1S/C36H37F3NS.C13H24O2.Ir/c1-33(2,3)28-20-25(19-24-11-9-10-12-26(24)28)30-32-27(17-18-40-30)29(34(4,5)6)31(41-32)23-15-13-22(14-16-23)21-35(7,8)36(37,38)39;1-5-10(6-2)12(14)9-13(15)11(7-3)8-4;/h9-18,20H,21H2,1-8H3;9-11,14H,5-8H2,1-4H3;/q-1;;/b;12-9-;. The van der Waals surface area contributed by atoms with Gasteiger partial charge in [-0.3, -0.25) is 9.78 Å². The summed E-state index contributed by atoms with van der Waals surface area (Å²) in [5, 5.41) is 13.2. The first-order valence-electron chi connectivity index (χ1n) is 20.1. The zero-order valence-corrected chi connectivity index (χ0v) is 39.0. The van der Waals surface area contributed by atoms with Crippen molar-refractivity contribution in [1.29, 1.82) is 0 Å². The number of allylic oxidation sites excluding steroid dienone is 2. The number of thiophene rings is 1. The summed E-state index contributed by atoms with van der Waals surface area (Å²) in [5.41, 5.74) is 4.04. The van der Waals surface area contributed by atoms with Gasteiger partial charge in [0.15, 0.2) is 5.78 Å². The Morgan fingerprint density at radius 1 is 0.807 bits per heavy atom. The van der Waals surface area contributed by atoms with Crippen molar-refractivity contribution in [3.8, 4) is 21.7 Å². The molecular weight excluding hydrogens is 916 g/mol. The number of carbonyl (C=O) groups excluding carboxylic acids is 1. The van der Waals surface area contributed by atoms with E-state index in [0.717, 1.165) is 62.9 Å². The largest absolute Gasteiger partial charge is 0.512 e. The Balaban J connectivity index is 0.000000464. The third-order valence-electron chi connectivity index (χ3n) is 10.9. The van der Waals surface area contributed by atoms with Gasteiger partial charge in [0.2, 0.25) is 0 Å². The first kappa shape index (κ1) is 48.1. The first-order valence-corrected chi connectivity index (χ1v) is 20.9. The van der Waals surface area contributed by atoms with Crippen LogP contribution in [-0.2, 0) is 42.2 Å². The number of nitrogens with zero attached hydrogens (tertiary/aromatic N) is 1. The number of aliphatic hydroxyl groups is 1. The van der Waals surface area contributed by atoms with E-state index in [9.17, 15) is 23.1 Å². The van der Waals surface area contributed by atoms with Crippen molar-refractivity contribution in [3.05, 3.63) is 101 Å². The molecule has 0 aliphatic carbocycles. The Hall–Kier alpha value is -3.32. The summed E-state index contributed by atoms with van der Waals surface area (Å²) in [7, 11) is 0. The van der Waals surface area contributed by atoms with E-state index in [2.05, 4.69) is 77.9 Å². The third kappa shape index (κ3) is 11.2. The van der Waals surface area contributed by atoms with Crippen molar-refractivity contribution in [1.82, 2.24) is 4.98 Å². The van der Waals surface area contributed by atoms with Crippen molar-refractivity contribution < 1.29 is 43.2 Å². The molecule has 5 rings (SSSR count). The summed E-state index contributed by atoms with van der Waals surface area (Å²) in [6.07, 6.45) is 2.47. The van der Waals surface area contributed by atoms with Gasteiger partial charge in [-0.15, -0.1) is 40.5 Å². The fraction of sp³-hybridized carbons (Fsp3) is 0.469. The van der Waals surface area contributed by atoms with Gasteiger partial charge in [-0.2, -0.15) is 13.2 Å². The summed E-state index contributed by atoms with van der Waals surface area (Å²) in [5.74, 6) is 0.547.